The van der Waals surface area contributed by atoms with Gasteiger partial charge in [0, 0.05) is 18.7 Å². The number of carbonyl (C=O) groups excluding carboxylic acids is 2. The maximum atomic E-state index is 12.2. The molecule has 1 aliphatic rings. The average Bonchev–Trinajstić information content (AvgIpc) is 2.89. The molecular weight excluding hydrogens is 268 g/mol. The van der Waals surface area contributed by atoms with E-state index in [0.717, 1.165) is 17.7 Å². The van der Waals surface area contributed by atoms with Crippen LogP contribution in [0.1, 0.15) is 25.8 Å². The van der Waals surface area contributed by atoms with E-state index in [0.29, 0.717) is 6.54 Å². The van der Waals surface area contributed by atoms with E-state index in [1.165, 1.54) is 6.92 Å². The molecule has 0 unspecified atom stereocenters. The molecule has 0 spiro atoms. The van der Waals surface area contributed by atoms with Crippen LogP contribution < -0.4 is 4.90 Å². The minimum Gasteiger partial charge on any atom is -0.447 e. The molecule has 110 valence electrons. The number of benzene rings is 1. The van der Waals surface area contributed by atoms with Crippen LogP contribution in [0.15, 0.2) is 24.3 Å². The number of nitrogens with zero attached hydrogens (tertiary/aromatic N) is 2. The Morgan fingerprint density at radius 3 is 2.90 bits per heavy atom. The number of hydrogen-bond donors (Lipinski definition) is 0. The molecule has 1 heterocycles. The Labute approximate surface area is 124 Å². The highest BCUT2D eigenvalue weighted by Crippen LogP contribution is 2.29. The number of rotatable bonds is 4. The van der Waals surface area contributed by atoms with Crippen molar-refractivity contribution in [1.82, 2.24) is 0 Å². The maximum absolute atomic E-state index is 12.2. The third-order valence-corrected chi connectivity index (χ3v) is 3.60. The van der Waals surface area contributed by atoms with Gasteiger partial charge in [-0.1, -0.05) is 25.1 Å². The molecule has 1 aliphatic heterocycles. The zero-order chi connectivity index (χ0) is 15.4. The van der Waals surface area contributed by atoms with Gasteiger partial charge in [0.1, 0.15) is 6.07 Å². The highest BCUT2D eigenvalue weighted by Gasteiger charge is 2.37. The Balaban J connectivity index is 2.13. The first-order valence-corrected chi connectivity index (χ1v) is 7.05. The fourth-order valence-corrected chi connectivity index (χ4v) is 2.47. The molecule has 21 heavy (non-hydrogen) atoms. The van der Waals surface area contributed by atoms with Crippen LogP contribution in [0.25, 0.3) is 0 Å². The van der Waals surface area contributed by atoms with Gasteiger partial charge in [-0.25, -0.2) is 0 Å². The van der Waals surface area contributed by atoms with Gasteiger partial charge in [0.05, 0.1) is 5.92 Å². The van der Waals surface area contributed by atoms with Gasteiger partial charge in [-0.05, 0) is 25.0 Å². The van der Waals surface area contributed by atoms with E-state index >= 15 is 0 Å². The lowest BCUT2D eigenvalue weighted by Gasteiger charge is -2.19. The lowest BCUT2D eigenvalue weighted by Crippen LogP contribution is -2.28. The van der Waals surface area contributed by atoms with Gasteiger partial charge in [0.25, 0.3) is 0 Å². The lowest BCUT2D eigenvalue weighted by atomic mass is 10.1. The molecule has 0 radical (unpaired) electrons. The van der Waals surface area contributed by atoms with Crippen molar-refractivity contribution < 1.29 is 14.3 Å². The normalized spacial score (nSPS) is 19.2. The summed E-state index contributed by atoms with van der Waals surface area (Å²) >= 11 is 0. The fraction of sp³-hybridized carbons (Fsp3) is 0.438. The van der Waals surface area contributed by atoms with E-state index in [2.05, 4.69) is 0 Å². The fourth-order valence-electron chi connectivity index (χ4n) is 2.47. The van der Waals surface area contributed by atoms with Crippen molar-refractivity contribution in [3.63, 3.8) is 0 Å². The minimum absolute atomic E-state index is 0.0811. The summed E-state index contributed by atoms with van der Waals surface area (Å²) in [6.45, 7) is 3.85. The largest absolute Gasteiger partial charge is 0.447 e. The van der Waals surface area contributed by atoms with Crippen LogP contribution in [0.5, 0.6) is 0 Å². The monoisotopic (exact) mass is 286 g/mol. The predicted molar refractivity (Wildman–Crippen MR) is 77.4 cm³/mol. The van der Waals surface area contributed by atoms with Gasteiger partial charge in [0.15, 0.2) is 6.10 Å². The number of carbonyl (C=O) groups is 2. The van der Waals surface area contributed by atoms with Crippen LogP contribution in [0, 0.1) is 17.2 Å². The van der Waals surface area contributed by atoms with Crippen LogP contribution in [-0.2, 0) is 20.7 Å². The maximum Gasteiger partial charge on any atom is 0.312 e. The van der Waals surface area contributed by atoms with Crippen molar-refractivity contribution in [3.8, 4) is 6.07 Å². The zero-order valence-corrected chi connectivity index (χ0v) is 12.2. The predicted octanol–water partition coefficient (Wildman–Crippen LogP) is 2.06. The number of aryl methyl sites for hydroxylation is 1. The van der Waals surface area contributed by atoms with Crippen molar-refractivity contribution in [2.24, 2.45) is 5.92 Å². The van der Waals surface area contributed by atoms with Crippen molar-refractivity contribution in [2.75, 3.05) is 11.4 Å². The van der Waals surface area contributed by atoms with Crippen molar-refractivity contribution in [2.45, 2.75) is 32.8 Å². The van der Waals surface area contributed by atoms with Gasteiger partial charge in [0.2, 0.25) is 5.91 Å². The number of ether oxygens (including phenoxy) is 1. The van der Waals surface area contributed by atoms with Gasteiger partial charge >= 0.3 is 5.97 Å². The number of hydrogen-bond acceptors (Lipinski definition) is 4. The Morgan fingerprint density at radius 2 is 2.24 bits per heavy atom. The molecule has 5 heteroatoms. The summed E-state index contributed by atoms with van der Waals surface area (Å²) in [4.78, 5) is 25.7. The summed E-state index contributed by atoms with van der Waals surface area (Å²) in [6.07, 6.45) is 0.167. The number of anilines is 1. The Kier molecular flexibility index (Phi) is 4.59. The van der Waals surface area contributed by atoms with Crippen LogP contribution in [0.3, 0.4) is 0 Å². The molecule has 5 nitrogen and oxygen atoms in total. The molecule has 0 saturated carbocycles. The number of para-hydroxylation sites is 1. The van der Waals surface area contributed by atoms with E-state index in [9.17, 15) is 9.59 Å². The molecule has 2 rings (SSSR count). The van der Waals surface area contributed by atoms with E-state index in [1.807, 2.05) is 37.3 Å². The average molecular weight is 286 g/mol. The first-order valence-electron chi connectivity index (χ1n) is 7.05. The summed E-state index contributed by atoms with van der Waals surface area (Å²) in [5.41, 5.74) is 1.93. The highest BCUT2D eigenvalue weighted by molar-refractivity contribution is 6.00. The second kappa shape index (κ2) is 6.40. The SMILES string of the molecule is CCc1ccccc1N1C[C@H](C(=O)O[C@H](C)C#N)CC1=O. The molecule has 0 aromatic heterocycles. The van der Waals surface area contributed by atoms with Crippen LogP contribution in [0.4, 0.5) is 5.69 Å². The van der Waals surface area contributed by atoms with Crippen molar-refractivity contribution in [1.29, 1.82) is 5.26 Å². The summed E-state index contributed by atoms with van der Waals surface area (Å²) in [6, 6.07) is 9.53. The zero-order valence-electron chi connectivity index (χ0n) is 12.2. The second-order valence-corrected chi connectivity index (χ2v) is 5.10. The van der Waals surface area contributed by atoms with Gasteiger partial charge in [-0.3, -0.25) is 9.59 Å². The molecule has 1 fully saturated rings. The van der Waals surface area contributed by atoms with Gasteiger partial charge < -0.3 is 9.64 Å². The summed E-state index contributed by atoms with van der Waals surface area (Å²) in [5.74, 6) is -1.06. The van der Waals surface area contributed by atoms with Crippen LogP contribution in [-0.4, -0.2) is 24.5 Å². The molecule has 2 atom stereocenters. The highest BCUT2D eigenvalue weighted by atomic mass is 16.5. The molecule has 1 saturated heterocycles. The Morgan fingerprint density at radius 1 is 1.52 bits per heavy atom. The first kappa shape index (κ1) is 15.0. The molecule has 0 aliphatic carbocycles. The molecular formula is C16H18N2O3. The quantitative estimate of drug-likeness (QED) is 0.794. The molecule has 1 aromatic rings. The van der Waals surface area contributed by atoms with Crippen molar-refractivity contribution in [3.05, 3.63) is 29.8 Å². The Hall–Kier alpha value is -2.35. The lowest BCUT2D eigenvalue weighted by molar-refractivity contribution is -0.150. The van der Waals surface area contributed by atoms with Crippen LogP contribution in [0.2, 0.25) is 0 Å². The second-order valence-electron chi connectivity index (χ2n) is 5.10. The van der Waals surface area contributed by atoms with Gasteiger partial charge in [-0.2, -0.15) is 5.26 Å². The molecule has 1 aromatic carbocycles. The standard InChI is InChI=1S/C16H18N2O3/c1-3-12-6-4-5-7-14(12)18-10-13(8-15(18)19)16(20)21-11(2)9-17/h4-7,11,13H,3,8,10H2,1-2H3/t11-,13-/m1/s1. The number of nitriles is 1. The Bertz CT molecular complexity index is 591. The van der Waals surface area contributed by atoms with Crippen molar-refractivity contribution >= 4 is 17.6 Å². The van der Waals surface area contributed by atoms with Crippen LogP contribution >= 0.6 is 0 Å². The third-order valence-electron chi connectivity index (χ3n) is 3.60. The smallest absolute Gasteiger partial charge is 0.312 e. The van der Waals surface area contributed by atoms with E-state index in [1.54, 1.807) is 4.90 Å². The summed E-state index contributed by atoms with van der Waals surface area (Å²) < 4.78 is 4.99. The molecule has 0 bridgehead atoms. The third kappa shape index (κ3) is 3.22. The summed E-state index contributed by atoms with van der Waals surface area (Å²) in [7, 11) is 0. The topological polar surface area (TPSA) is 70.4 Å². The van der Waals surface area contributed by atoms with Gasteiger partial charge in [-0.15, -0.1) is 0 Å². The van der Waals surface area contributed by atoms with E-state index < -0.39 is 18.0 Å². The van der Waals surface area contributed by atoms with E-state index in [-0.39, 0.29) is 12.3 Å². The number of esters is 1. The van der Waals surface area contributed by atoms with E-state index in [4.69, 9.17) is 10.00 Å². The molecule has 1 amide bonds. The molecule has 0 N–H and O–H groups in total. The summed E-state index contributed by atoms with van der Waals surface area (Å²) in [5, 5.41) is 8.67. The first-order chi connectivity index (χ1) is 10.1. The minimum atomic E-state index is -0.787. The number of amides is 1.